The second kappa shape index (κ2) is 6.48. The van der Waals surface area contributed by atoms with Gasteiger partial charge in [-0.1, -0.05) is 22.0 Å². The minimum Gasteiger partial charge on any atom is -0.312 e. The van der Waals surface area contributed by atoms with Gasteiger partial charge in [0, 0.05) is 35.7 Å². The molecule has 0 N–H and O–H groups in total. The Morgan fingerprint density at radius 3 is 2.80 bits per heavy atom. The van der Waals surface area contributed by atoms with Crippen molar-refractivity contribution >= 4 is 33.6 Å². The van der Waals surface area contributed by atoms with Crippen LogP contribution in [0.2, 0.25) is 0 Å². The minimum atomic E-state index is -0.0735. The molecule has 4 heteroatoms. The van der Waals surface area contributed by atoms with Gasteiger partial charge in [0.2, 0.25) is 0 Å². The molecule has 0 saturated carbocycles. The normalized spacial score (nSPS) is 10.8. The van der Waals surface area contributed by atoms with Crippen molar-refractivity contribution in [2.45, 2.75) is 6.92 Å². The zero-order valence-corrected chi connectivity index (χ0v) is 13.0. The van der Waals surface area contributed by atoms with E-state index in [4.69, 9.17) is 0 Å². The summed E-state index contributed by atoms with van der Waals surface area (Å²) in [7, 11) is 1.76. The van der Waals surface area contributed by atoms with Gasteiger partial charge in [-0.15, -0.1) is 0 Å². The maximum absolute atomic E-state index is 12.1. The highest BCUT2D eigenvalue weighted by molar-refractivity contribution is 9.10. The van der Waals surface area contributed by atoms with Gasteiger partial charge >= 0.3 is 0 Å². The van der Waals surface area contributed by atoms with Crippen molar-refractivity contribution in [3.63, 3.8) is 0 Å². The van der Waals surface area contributed by atoms with E-state index in [2.05, 4.69) is 20.9 Å². The Morgan fingerprint density at radius 2 is 2.15 bits per heavy atom. The topological polar surface area (TPSA) is 33.2 Å². The average Bonchev–Trinajstić information content (AvgIpc) is 2.48. The summed E-state index contributed by atoms with van der Waals surface area (Å²) in [5, 5.41) is 0. The molecule has 1 aromatic carbocycles. The molecule has 0 bridgehead atoms. The molecule has 0 spiro atoms. The second-order valence-corrected chi connectivity index (χ2v) is 5.30. The van der Waals surface area contributed by atoms with E-state index in [0.717, 1.165) is 21.3 Å². The van der Waals surface area contributed by atoms with Gasteiger partial charge in [-0.3, -0.25) is 9.78 Å². The highest BCUT2D eigenvalue weighted by Gasteiger charge is 2.08. The number of aromatic nitrogens is 1. The smallest absolute Gasteiger partial charge is 0.250 e. The fourth-order valence-electron chi connectivity index (χ4n) is 1.72. The zero-order chi connectivity index (χ0) is 14.5. The predicted octanol–water partition coefficient (Wildman–Crippen LogP) is 3.83. The van der Waals surface area contributed by atoms with Crippen molar-refractivity contribution in [2.24, 2.45) is 0 Å². The van der Waals surface area contributed by atoms with Crippen LogP contribution in [0.15, 0.2) is 53.3 Å². The van der Waals surface area contributed by atoms with Gasteiger partial charge in [-0.05, 0) is 48.4 Å². The first kappa shape index (κ1) is 14.5. The number of amides is 1. The molecule has 0 saturated heterocycles. The van der Waals surface area contributed by atoms with E-state index in [1.807, 2.05) is 37.3 Å². The molecule has 0 aliphatic carbocycles. The molecule has 1 amide bonds. The van der Waals surface area contributed by atoms with Crippen molar-refractivity contribution < 1.29 is 4.79 Å². The molecule has 0 aliphatic rings. The third kappa shape index (κ3) is 3.54. The van der Waals surface area contributed by atoms with E-state index >= 15 is 0 Å². The summed E-state index contributed by atoms with van der Waals surface area (Å²) in [6.45, 7) is 2.00. The molecule has 0 atom stereocenters. The number of anilines is 1. The Kier molecular flexibility index (Phi) is 4.69. The average molecular weight is 331 g/mol. The lowest BCUT2D eigenvalue weighted by atomic mass is 10.2. The van der Waals surface area contributed by atoms with Crippen molar-refractivity contribution in [3.05, 3.63) is 64.4 Å². The third-order valence-corrected chi connectivity index (χ3v) is 3.85. The van der Waals surface area contributed by atoms with Crippen LogP contribution in [0.25, 0.3) is 6.08 Å². The number of halogens is 1. The maximum Gasteiger partial charge on any atom is 0.250 e. The van der Waals surface area contributed by atoms with E-state index in [1.54, 1.807) is 36.5 Å². The molecule has 102 valence electrons. The lowest BCUT2D eigenvalue weighted by molar-refractivity contribution is -0.113. The molecule has 2 rings (SSSR count). The van der Waals surface area contributed by atoms with Gasteiger partial charge in [0.15, 0.2) is 0 Å². The highest BCUT2D eigenvalue weighted by Crippen LogP contribution is 2.22. The first-order valence-electron chi connectivity index (χ1n) is 6.20. The van der Waals surface area contributed by atoms with Crippen LogP contribution in [-0.2, 0) is 4.79 Å². The number of carbonyl (C=O) groups excluding carboxylic acids is 1. The molecular weight excluding hydrogens is 316 g/mol. The van der Waals surface area contributed by atoms with E-state index in [1.165, 1.54) is 0 Å². The highest BCUT2D eigenvalue weighted by atomic mass is 79.9. The zero-order valence-electron chi connectivity index (χ0n) is 11.4. The van der Waals surface area contributed by atoms with E-state index < -0.39 is 0 Å². The number of benzene rings is 1. The van der Waals surface area contributed by atoms with Crippen LogP contribution < -0.4 is 4.90 Å². The Balaban J connectivity index is 2.12. The quantitative estimate of drug-likeness (QED) is 0.801. The van der Waals surface area contributed by atoms with Crippen LogP contribution in [0.5, 0.6) is 0 Å². The molecule has 3 nitrogen and oxygen atoms in total. The summed E-state index contributed by atoms with van der Waals surface area (Å²) < 4.78 is 1.04. The number of hydrogen-bond donors (Lipinski definition) is 0. The van der Waals surface area contributed by atoms with Crippen LogP contribution in [0.1, 0.15) is 11.1 Å². The first-order chi connectivity index (χ1) is 9.58. The molecule has 1 aromatic heterocycles. The summed E-state index contributed by atoms with van der Waals surface area (Å²) in [6.07, 6.45) is 6.73. The lowest BCUT2D eigenvalue weighted by Crippen LogP contribution is -2.23. The van der Waals surface area contributed by atoms with Crippen molar-refractivity contribution in [1.82, 2.24) is 4.98 Å². The number of pyridine rings is 1. The van der Waals surface area contributed by atoms with Gasteiger partial charge in [0.25, 0.3) is 5.91 Å². The Labute approximate surface area is 127 Å². The summed E-state index contributed by atoms with van der Waals surface area (Å²) in [5.74, 6) is -0.0735. The van der Waals surface area contributed by atoms with Crippen LogP contribution in [0.4, 0.5) is 5.69 Å². The molecule has 2 aromatic rings. The van der Waals surface area contributed by atoms with Gasteiger partial charge in [-0.2, -0.15) is 0 Å². The van der Waals surface area contributed by atoms with E-state index in [-0.39, 0.29) is 5.91 Å². The van der Waals surface area contributed by atoms with Crippen LogP contribution in [0, 0.1) is 6.92 Å². The Hall–Kier alpha value is -1.94. The molecular formula is C16H15BrN2O. The summed E-state index contributed by atoms with van der Waals surface area (Å²) in [6, 6.07) is 9.57. The Bertz CT molecular complexity index is 638. The fourth-order valence-corrected chi connectivity index (χ4v) is 1.97. The van der Waals surface area contributed by atoms with E-state index in [9.17, 15) is 4.79 Å². The number of nitrogens with zero attached hydrogens (tertiary/aromatic N) is 2. The number of hydrogen-bond acceptors (Lipinski definition) is 2. The Morgan fingerprint density at radius 1 is 1.35 bits per heavy atom. The maximum atomic E-state index is 12.1. The molecule has 0 aliphatic heterocycles. The van der Waals surface area contributed by atoms with Gasteiger partial charge < -0.3 is 4.90 Å². The second-order valence-electron chi connectivity index (χ2n) is 4.45. The molecule has 0 fully saturated rings. The van der Waals surface area contributed by atoms with Crippen molar-refractivity contribution in [1.29, 1.82) is 0 Å². The molecule has 0 unspecified atom stereocenters. The first-order valence-corrected chi connectivity index (χ1v) is 6.99. The van der Waals surface area contributed by atoms with Gasteiger partial charge in [0.1, 0.15) is 0 Å². The summed E-state index contributed by atoms with van der Waals surface area (Å²) in [4.78, 5) is 17.7. The lowest BCUT2D eigenvalue weighted by Gasteiger charge is -2.16. The standard InChI is InChI=1S/C16H15BrN2O/c1-12-10-14(6-7-15(12)17)19(2)16(20)8-5-13-4-3-9-18-11-13/h3-11H,1-2H3/b8-5+. The number of carbonyl (C=O) groups is 1. The van der Waals surface area contributed by atoms with Crippen molar-refractivity contribution in [3.8, 4) is 0 Å². The van der Waals surface area contributed by atoms with E-state index in [0.29, 0.717) is 0 Å². The van der Waals surface area contributed by atoms with Crippen LogP contribution in [0.3, 0.4) is 0 Å². The summed E-state index contributed by atoms with van der Waals surface area (Å²) in [5.41, 5.74) is 2.87. The summed E-state index contributed by atoms with van der Waals surface area (Å²) >= 11 is 3.45. The third-order valence-electron chi connectivity index (χ3n) is 2.96. The number of aryl methyl sites for hydroxylation is 1. The van der Waals surface area contributed by atoms with Gasteiger partial charge in [0.05, 0.1) is 0 Å². The van der Waals surface area contributed by atoms with Gasteiger partial charge in [-0.25, -0.2) is 0 Å². The number of rotatable bonds is 3. The predicted molar refractivity (Wildman–Crippen MR) is 85.6 cm³/mol. The monoisotopic (exact) mass is 330 g/mol. The van der Waals surface area contributed by atoms with Crippen molar-refractivity contribution in [2.75, 3.05) is 11.9 Å². The fraction of sp³-hybridized carbons (Fsp3) is 0.125. The largest absolute Gasteiger partial charge is 0.312 e. The van der Waals surface area contributed by atoms with Crippen LogP contribution in [-0.4, -0.2) is 17.9 Å². The molecule has 0 radical (unpaired) electrons. The SMILES string of the molecule is Cc1cc(N(C)C(=O)/C=C/c2cccnc2)ccc1Br. The van der Waals surface area contributed by atoms with Crippen LogP contribution >= 0.6 is 15.9 Å². The molecule has 1 heterocycles. The minimum absolute atomic E-state index is 0.0735. The molecule has 20 heavy (non-hydrogen) atoms. The number of likely N-dealkylation sites (N-methyl/N-ethyl adjacent to an activating group) is 1.